The first kappa shape index (κ1) is 22.7. The van der Waals surface area contributed by atoms with Crippen LogP contribution >= 0.6 is 11.6 Å². The van der Waals surface area contributed by atoms with Gasteiger partial charge in [-0.05, 0) is 47.9 Å². The van der Waals surface area contributed by atoms with Crippen molar-refractivity contribution in [3.8, 4) is 5.75 Å². The van der Waals surface area contributed by atoms with Crippen LogP contribution < -0.4 is 10.1 Å². The summed E-state index contributed by atoms with van der Waals surface area (Å²) in [4.78, 5) is 30.1. The lowest BCUT2D eigenvalue weighted by atomic mass is 10.0. The Morgan fingerprint density at radius 1 is 0.941 bits per heavy atom. The van der Waals surface area contributed by atoms with Gasteiger partial charge in [0.2, 0.25) is 5.91 Å². The van der Waals surface area contributed by atoms with E-state index in [-0.39, 0.29) is 17.7 Å². The molecule has 6 nitrogen and oxygen atoms in total. The quantitative estimate of drug-likeness (QED) is 0.536. The van der Waals surface area contributed by atoms with E-state index in [4.69, 9.17) is 16.3 Å². The first-order valence-electron chi connectivity index (χ1n) is 11.8. The maximum atomic E-state index is 13.5. The fourth-order valence-corrected chi connectivity index (χ4v) is 4.48. The highest BCUT2D eigenvalue weighted by Gasteiger charge is 2.31. The van der Waals surface area contributed by atoms with Crippen LogP contribution in [0.4, 0.5) is 5.69 Å². The van der Waals surface area contributed by atoms with Crippen LogP contribution in [-0.4, -0.2) is 60.9 Å². The lowest BCUT2D eigenvalue weighted by Crippen LogP contribution is -2.49. The molecule has 2 aliphatic rings. The number of carbonyl (C=O) groups excluding carboxylic acids is 2. The molecule has 1 N–H and O–H groups in total. The highest BCUT2D eigenvalue weighted by Crippen LogP contribution is 2.32. The summed E-state index contributed by atoms with van der Waals surface area (Å²) in [6.07, 6.45) is 1.84. The lowest BCUT2D eigenvalue weighted by molar-refractivity contribution is -0.117. The summed E-state index contributed by atoms with van der Waals surface area (Å²) in [6, 6.07) is 19.2. The van der Waals surface area contributed by atoms with E-state index in [1.54, 1.807) is 0 Å². The van der Waals surface area contributed by atoms with Gasteiger partial charge in [-0.1, -0.05) is 48.0 Å². The van der Waals surface area contributed by atoms with Crippen molar-refractivity contribution in [1.82, 2.24) is 9.80 Å². The van der Waals surface area contributed by atoms with E-state index in [2.05, 4.69) is 10.2 Å². The summed E-state index contributed by atoms with van der Waals surface area (Å²) >= 11 is 6.15. The van der Waals surface area contributed by atoms with Gasteiger partial charge in [0.25, 0.3) is 5.91 Å². The number of fused-ring (bicyclic) bond motifs is 1. The normalized spacial score (nSPS) is 16.4. The number of rotatable bonds is 7. The zero-order chi connectivity index (χ0) is 23.5. The summed E-state index contributed by atoms with van der Waals surface area (Å²) in [6.45, 7) is 4.12. The maximum Gasteiger partial charge on any atom is 0.256 e. The molecule has 2 fully saturated rings. The summed E-state index contributed by atoms with van der Waals surface area (Å²) in [7, 11) is 0. The number of anilines is 1. The molecule has 1 saturated carbocycles. The van der Waals surface area contributed by atoms with E-state index in [0.717, 1.165) is 43.2 Å². The Kier molecular flexibility index (Phi) is 6.70. The van der Waals surface area contributed by atoms with Crippen molar-refractivity contribution < 1.29 is 14.3 Å². The Balaban J connectivity index is 1.22. The van der Waals surface area contributed by atoms with Crippen LogP contribution in [0.15, 0.2) is 60.7 Å². The highest BCUT2D eigenvalue weighted by molar-refractivity contribution is 6.32. The number of nitrogens with one attached hydrogen (secondary N) is 1. The average molecular weight is 478 g/mol. The van der Waals surface area contributed by atoms with Crippen LogP contribution in [0.3, 0.4) is 0 Å². The fraction of sp³-hybridized carbons (Fsp3) is 0.333. The number of halogens is 1. The molecule has 5 rings (SSSR count). The minimum absolute atomic E-state index is 0.00710. The van der Waals surface area contributed by atoms with Crippen molar-refractivity contribution in [1.29, 1.82) is 0 Å². The SMILES string of the molecule is O=C(Nc1cc2ccccc2cc1C(=O)N1CCN(CCOc2ccccc2Cl)CC1)C1CC1. The molecule has 176 valence electrons. The number of carbonyl (C=O) groups is 2. The minimum atomic E-state index is -0.0381. The number of hydrogen-bond donors (Lipinski definition) is 1. The van der Waals surface area contributed by atoms with Crippen LogP contribution in [0, 0.1) is 5.92 Å². The molecular formula is C27H28ClN3O3. The maximum absolute atomic E-state index is 13.5. The van der Waals surface area contributed by atoms with Gasteiger partial charge < -0.3 is 15.0 Å². The number of ether oxygens (including phenoxy) is 1. The van der Waals surface area contributed by atoms with Crippen LogP contribution in [0.2, 0.25) is 5.02 Å². The van der Waals surface area contributed by atoms with Crippen molar-refractivity contribution in [2.75, 3.05) is 44.6 Å². The molecule has 1 aliphatic carbocycles. The predicted molar refractivity (Wildman–Crippen MR) is 135 cm³/mol. The van der Waals surface area contributed by atoms with Gasteiger partial charge in [0, 0.05) is 38.6 Å². The second kappa shape index (κ2) is 10.0. The molecule has 1 saturated heterocycles. The summed E-state index contributed by atoms with van der Waals surface area (Å²) < 4.78 is 5.81. The highest BCUT2D eigenvalue weighted by atomic mass is 35.5. The Morgan fingerprint density at radius 2 is 1.62 bits per heavy atom. The molecule has 1 heterocycles. The topological polar surface area (TPSA) is 61.9 Å². The lowest BCUT2D eigenvalue weighted by Gasteiger charge is -2.35. The number of benzene rings is 3. The third-order valence-electron chi connectivity index (χ3n) is 6.48. The number of para-hydroxylation sites is 1. The van der Waals surface area contributed by atoms with E-state index in [1.165, 1.54) is 0 Å². The molecule has 0 atom stereocenters. The molecule has 3 aromatic rings. The van der Waals surface area contributed by atoms with Gasteiger partial charge in [0.05, 0.1) is 16.3 Å². The number of piperazine rings is 1. The van der Waals surface area contributed by atoms with E-state index in [1.807, 2.05) is 65.6 Å². The van der Waals surface area contributed by atoms with Gasteiger partial charge in [-0.2, -0.15) is 0 Å². The summed E-state index contributed by atoms with van der Waals surface area (Å²) in [5.41, 5.74) is 1.17. The molecule has 0 spiro atoms. The summed E-state index contributed by atoms with van der Waals surface area (Å²) in [5.74, 6) is 0.734. The molecular weight excluding hydrogens is 450 g/mol. The molecule has 3 aromatic carbocycles. The zero-order valence-corrected chi connectivity index (χ0v) is 19.8. The van der Waals surface area contributed by atoms with Crippen molar-refractivity contribution in [3.05, 3.63) is 71.2 Å². The Morgan fingerprint density at radius 3 is 2.32 bits per heavy atom. The Hall–Kier alpha value is -3.09. The first-order chi connectivity index (χ1) is 16.6. The van der Waals surface area contributed by atoms with Gasteiger partial charge in [0.15, 0.2) is 0 Å². The Labute approximate surface area is 204 Å². The zero-order valence-electron chi connectivity index (χ0n) is 19.0. The molecule has 0 aromatic heterocycles. The van der Waals surface area contributed by atoms with E-state index < -0.39 is 0 Å². The summed E-state index contributed by atoms with van der Waals surface area (Å²) in [5, 5.41) is 5.63. The van der Waals surface area contributed by atoms with E-state index in [0.29, 0.717) is 41.7 Å². The van der Waals surface area contributed by atoms with E-state index in [9.17, 15) is 9.59 Å². The van der Waals surface area contributed by atoms with Gasteiger partial charge in [-0.3, -0.25) is 14.5 Å². The first-order valence-corrected chi connectivity index (χ1v) is 12.2. The van der Waals surface area contributed by atoms with Gasteiger partial charge >= 0.3 is 0 Å². The Bertz CT molecular complexity index is 1200. The third-order valence-corrected chi connectivity index (χ3v) is 6.80. The largest absolute Gasteiger partial charge is 0.491 e. The third kappa shape index (κ3) is 5.18. The van der Waals surface area contributed by atoms with Crippen molar-refractivity contribution in [3.63, 3.8) is 0 Å². The molecule has 34 heavy (non-hydrogen) atoms. The number of amides is 2. The van der Waals surface area contributed by atoms with Crippen molar-refractivity contribution in [2.45, 2.75) is 12.8 Å². The van der Waals surface area contributed by atoms with Gasteiger partial charge in [-0.15, -0.1) is 0 Å². The second-order valence-electron chi connectivity index (χ2n) is 8.92. The molecule has 0 radical (unpaired) electrons. The van der Waals surface area contributed by atoms with Gasteiger partial charge in [-0.25, -0.2) is 0 Å². The minimum Gasteiger partial charge on any atom is -0.491 e. The van der Waals surface area contributed by atoms with Crippen LogP contribution in [0.25, 0.3) is 10.8 Å². The standard InChI is InChI=1S/C27H28ClN3O3/c28-23-7-3-4-8-25(23)34-16-15-30-11-13-31(14-12-30)27(33)22-17-20-5-1-2-6-21(20)18-24(22)29-26(32)19-9-10-19/h1-8,17-19H,9-16H2,(H,29,32). The van der Waals surface area contributed by atoms with Crippen LogP contribution in [0.1, 0.15) is 23.2 Å². The van der Waals surface area contributed by atoms with Crippen LogP contribution in [0.5, 0.6) is 5.75 Å². The smallest absolute Gasteiger partial charge is 0.256 e. The number of nitrogens with zero attached hydrogens (tertiary/aromatic N) is 2. The fourth-order valence-electron chi connectivity index (χ4n) is 4.29. The second-order valence-corrected chi connectivity index (χ2v) is 9.33. The van der Waals surface area contributed by atoms with Crippen LogP contribution in [-0.2, 0) is 4.79 Å². The molecule has 1 aliphatic heterocycles. The average Bonchev–Trinajstić information content (AvgIpc) is 3.71. The predicted octanol–water partition coefficient (Wildman–Crippen LogP) is 4.68. The molecule has 0 unspecified atom stereocenters. The van der Waals surface area contributed by atoms with Gasteiger partial charge in [0.1, 0.15) is 12.4 Å². The van der Waals surface area contributed by atoms with E-state index >= 15 is 0 Å². The van der Waals surface area contributed by atoms with Crippen molar-refractivity contribution >= 4 is 39.9 Å². The van der Waals surface area contributed by atoms with Crippen molar-refractivity contribution in [2.24, 2.45) is 5.92 Å². The monoisotopic (exact) mass is 477 g/mol. The molecule has 2 amide bonds. The number of hydrogen-bond acceptors (Lipinski definition) is 4. The molecule has 0 bridgehead atoms. The molecule has 7 heteroatoms.